The first kappa shape index (κ1) is 12.4. The largest absolute Gasteiger partial charge is 0.454 e. The molecule has 5 heteroatoms. The third-order valence-corrected chi connectivity index (χ3v) is 3.97. The minimum Gasteiger partial charge on any atom is -0.454 e. The van der Waals surface area contributed by atoms with Crippen molar-refractivity contribution in [2.75, 3.05) is 6.79 Å². The summed E-state index contributed by atoms with van der Waals surface area (Å²) in [6.07, 6.45) is 0. The zero-order valence-electron chi connectivity index (χ0n) is 11.0. The lowest BCUT2D eigenvalue weighted by molar-refractivity contribution is 0.174. The van der Waals surface area contributed by atoms with Gasteiger partial charge in [0.15, 0.2) is 11.5 Å². The molecular formula is C14H16N2O2S. The normalized spacial score (nSPS) is 14.6. The highest BCUT2D eigenvalue weighted by Gasteiger charge is 2.15. The Labute approximate surface area is 116 Å². The van der Waals surface area contributed by atoms with Crippen molar-refractivity contribution in [3.8, 4) is 11.5 Å². The van der Waals surface area contributed by atoms with Gasteiger partial charge in [0.05, 0.1) is 10.7 Å². The summed E-state index contributed by atoms with van der Waals surface area (Å²) in [5.74, 6) is 1.65. The first-order chi connectivity index (χ1) is 9.22. The first-order valence-corrected chi connectivity index (χ1v) is 7.14. The fraction of sp³-hybridized carbons (Fsp3) is 0.357. The minimum atomic E-state index is 0.247. The van der Waals surface area contributed by atoms with Gasteiger partial charge in [0.1, 0.15) is 0 Å². The van der Waals surface area contributed by atoms with Gasteiger partial charge in [0.25, 0.3) is 0 Å². The van der Waals surface area contributed by atoms with Crippen LogP contribution in [-0.4, -0.2) is 11.8 Å². The number of ether oxygens (including phenoxy) is 2. The summed E-state index contributed by atoms with van der Waals surface area (Å²) in [4.78, 5) is 4.45. The van der Waals surface area contributed by atoms with Crippen LogP contribution in [0.25, 0.3) is 0 Å². The van der Waals surface area contributed by atoms with Crippen molar-refractivity contribution < 1.29 is 9.47 Å². The fourth-order valence-electron chi connectivity index (χ4n) is 2.05. The molecule has 0 aliphatic carbocycles. The molecule has 0 radical (unpaired) electrons. The van der Waals surface area contributed by atoms with Crippen molar-refractivity contribution in [1.82, 2.24) is 10.3 Å². The van der Waals surface area contributed by atoms with Crippen molar-refractivity contribution in [3.05, 3.63) is 39.8 Å². The van der Waals surface area contributed by atoms with Gasteiger partial charge < -0.3 is 14.8 Å². The van der Waals surface area contributed by atoms with Crippen LogP contribution in [0.1, 0.15) is 29.2 Å². The number of benzene rings is 1. The Morgan fingerprint density at radius 3 is 3.00 bits per heavy atom. The maximum Gasteiger partial charge on any atom is 0.231 e. The van der Waals surface area contributed by atoms with Crippen LogP contribution in [0.2, 0.25) is 0 Å². The number of aromatic nitrogens is 1. The number of nitrogens with one attached hydrogen (secondary N) is 1. The highest BCUT2D eigenvalue weighted by molar-refractivity contribution is 7.09. The molecule has 0 bridgehead atoms. The predicted octanol–water partition coefficient (Wildman–Crippen LogP) is 3.03. The molecule has 0 spiro atoms. The van der Waals surface area contributed by atoms with Gasteiger partial charge in [-0.25, -0.2) is 4.98 Å². The molecule has 19 heavy (non-hydrogen) atoms. The summed E-state index contributed by atoms with van der Waals surface area (Å²) in [5.41, 5.74) is 2.28. The Balaban J connectivity index is 1.65. The molecule has 2 aromatic rings. The quantitative estimate of drug-likeness (QED) is 0.932. The van der Waals surface area contributed by atoms with E-state index in [2.05, 4.69) is 28.7 Å². The van der Waals surface area contributed by atoms with Crippen LogP contribution >= 0.6 is 11.3 Å². The number of fused-ring (bicyclic) bond motifs is 1. The number of hydrogen-bond donors (Lipinski definition) is 1. The smallest absolute Gasteiger partial charge is 0.231 e. The predicted molar refractivity (Wildman–Crippen MR) is 74.7 cm³/mol. The monoisotopic (exact) mass is 276 g/mol. The molecule has 1 unspecified atom stereocenters. The number of hydrogen-bond acceptors (Lipinski definition) is 5. The minimum absolute atomic E-state index is 0.247. The Morgan fingerprint density at radius 2 is 2.21 bits per heavy atom. The van der Waals surface area contributed by atoms with E-state index in [1.165, 1.54) is 5.56 Å². The van der Waals surface area contributed by atoms with Crippen LogP contribution in [0.5, 0.6) is 11.5 Å². The summed E-state index contributed by atoms with van der Waals surface area (Å²) in [5, 5.41) is 6.66. The van der Waals surface area contributed by atoms with Gasteiger partial charge in [-0.15, -0.1) is 11.3 Å². The number of thiazole rings is 1. The van der Waals surface area contributed by atoms with Crippen molar-refractivity contribution in [1.29, 1.82) is 0 Å². The molecule has 1 aromatic carbocycles. The van der Waals surface area contributed by atoms with E-state index in [-0.39, 0.29) is 6.04 Å². The lowest BCUT2D eigenvalue weighted by atomic mass is 10.1. The average Bonchev–Trinajstić information content (AvgIpc) is 3.03. The summed E-state index contributed by atoms with van der Waals surface area (Å²) < 4.78 is 10.7. The molecule has 4 nitrogen and oxygen atoms in total. The first-order valence-electron chi connectivity index (χ1n) is 6.26. The molecule has 3 rings (SSSR count). The van der Waals surface area contributed by atoms with E-state index in [1.807, 2.05) is 19.1 Å². The van der Waals surface area contributed by atoms with Crippen molar-refractivity contribution in [2.45, 2.75) is 26.4 Å². The molecule has 0 saturated carbocycles. The third-order valence-electron chi connectivity index (χ3n) is 3.15. The van der Waals surface area contributed by atoms with E-state index < -0.39 is 0 Å². The van der Waals surface area contributed by atoms with E-state index in [0.717, 1.165) is 28.7 Å². The van der Waals surface area contributed by atoms with E-state index in [0.29, 0.717) is 6.79 Å². The van der Waals surface area contributed by atoms with Gasteiger partial charge in [0, 0.05) is 18.0 Å². The Kier molecular flexibility index (Phi) is 3.40. The topological polar surface area (TPSA) is 43.4 Å². The summed E-state index contributed by atoms with van der Waals surface area (Å²) >= 11 is 1.68. The molecule has 0 amide bonds. The fourth-order valence-corrected chi connectivity index (χ4v) is 2.66. The van der Waals surface area contributed by atoms with E-state index in [9.17, 15) is 0 Å². The van der Waals surface area contributed by atoms with Gasteiger partial charge in [-0.1, -0.05) is 6.07 Å². The molecule has 1 atom stereocenters. The van der Waals surface area contributed by atoms with Gasteiger partial charge in [-0.2, -0.15) is 0 Å². The maximum absolute atomic E-state index is 5.39. The van der Waals surface area contributed by atoms with Gasteiger partial charge in [0.2, 0.25) is 6.79 Å². The number of nitrogens with zero attached hydrogens (tertiary/aromatic N) is 1. The SMILES string of the molecule is Cc1nc(CNC(C)c2ccc3c(c2)OCO3)cs1. The second kappa shape index (κ2) is 5.19. The molecule has 0 saturated heterocycles. The second-order valence-electron chi connectivity index (χ2n) is 4.57. The van der Waals surface area contributed by atoms with E-state index >= 15 is 0 Å². The highest BCUT2D eigenvalue weighted by Crippen LogP contribution is 2.34. The third kappa shape index (κ3) is 2.72. The van der Waals surface area contributed by atoms with Crippen LogP contribution < -0.4 is 14.8 Å². The van der Waals surface area contributed by atoms with Crippen molar-refractivity contribution >= 4 is 11.3 Å². The molecule has 0 fully saturated rings. The lowest BCUT2D eigenvalue weighted by Crippen LogP contribution is -2.18. The van der Waals surface area contributed by atoms with Crippen LogP contribution in [0.4, 0.5) is 0 Å². The Bertz CT molecular complexity index is 583. The number of rotatable bonds is 4. The Morgan fingerprint density at radius 1 is 1.37 bits per heavy atom. The maximum atomic E-state index is 5.39. The lowest BCUT2D eigenvalue weighted by Gasteiger charge is -2.13. The Hall–Kier alpha value is -1.59. The zero-order valence-corrected chi connectivity index (χ0v) is 11.8. The zero-order chi connectivity index (χ0) is 13.2. The van der Waals surface area contributed by atoms with Crippen molar-refractivity contribution in [2.24, 2.45) is 0 Å². The van der Waals surface area contributed by atoms with Crippen LogP contribution in [-0.2, 0) is 6.54 Å². The van der Waals surface area contributed by atoms with E-state index in [4.69, 9.17) is 9.47 Å². The standard InChI is InChI=1S/C14H16N2O2S/c1-9(15-6-12-7-19-10(2)16-12)11-3-4-13-14(5-11)18-8-17-13/h3-5,7,9,15H,6,8H2,1-2H3. The number of aryl methyl sites for hydroxylation is 1. The van der Waals surface area contributed by atoms with Gasteiger partial charge >= 0.3 is 0 Å². The molecule has 1 N–H and O–H groups in total. The molecule has 2 heterocycles. The highest BCUT2D eigenvalue weighted by atomic mass is 32.1. The summed E-state index contributed by atoms with van der Waals surface area (Å²) in [6, 6.07) is 6.31. The molecular weight excluding hydrogens is 260 g/mol. The van der Waals surface area contributed by atoms with Gasteiger partial charge in [-0.05, 0) is 31.5 Å². The van der Waals surface area contributed by atoms with E-state index in [1.54, 1.807) is 11.3 Å². The molecule has 100 valence electrons. The van der Waals surface area contributed by atoms with Crippen LogP contribution in [0.3, 0.4) is 0 Å². The summed E-state index contributed by atoms with van der Waals surface area (Å²) in [6.45, 7) is 5.25. The second-order valence-corrected chi connectivity index (χ2v) is 5.64. The average molecular weight is 276 g/mol. The molecule has 1 aromatic heterocycles. The van der Waals surface area contributed by atoms with Crippen LogP contribution in [0, 0.1) is 6.92 Å². The van der Waals surface area contributed by atoms with Crippen LogP contribution in [0.15, 0.2) is 23.6 Å². The van der Waals surface area contributed by atoms with Crippen molar-refractivity contribution in [3.63, 3.8) is 0 Å². The molecule has 1 aliphatic heterocycles. The molecule has 1 aliphatic rings. The van der Waals surface area contributed by atoms with Gasteiger partial charge in [-0.3, -0.25) is 0 Å². The summed E-state index contributed by atoms with van der Waals surface area (Å²) in [7, 11) is 0.